The lowest BCUT2D eigenvalue weighted by molar-refractivity contribution is -0.137. The molecule has 0 aliphatic heterocycles. The molecule has 3 aromatic rings. The second-order valence-corrected chi connectivity index (χ2v) is 7.20. The maximum atomic E-state index is 12.8. The molecule has 3 rings (SSSR count). The number of amides is 1. The summed E-state index contributed by atoms with van der Waals surface area (Å²) in [7, 11) is 0. The van der Waals surface area contributed by atoms with Gasteiger partial charge in [-0.05, 0) is 55.0 Å². The normalized spacial score (nSPS) is 11.4. The largest absolute Gasteiger partial charge is 0.490 e. The molecule has 0 aromatic heterocycles. The number of ether oxygens (including phenoxy) is 2. The number of rotatable bonds is 8. The molecule has 0 aliphatic rings. The van der Waals surface area contributed by atoms with Gasteiger partial charge in [-0.3, -0.25) is 4.79 Å². The first-order valence-electron chi connectivity index (χ1n) is 9.91. The molecule has 0 unspecified atom stereocenters. The van der Waals surface area contributed by atoms with Crippen molar-refractivity contribution in [3.8, 4) is 11.5 Å². The first-order valence-corrected chi connectivity index (χ1v) is 10.3. The van der Waals surface area contributed by atoms with Gasteiger partial charge in [-0.2, -0.15) is 18.3 Å². The zero-order chi connectivity index (χ0) is 23.8. The van der Waals surface area contributed by atoms with Crippen molar-refractivity contribution in [3.63, 3.8) is 0 Å². The van der Waals surface area contributed by atoms with E-state index < -0.39 is 17.6 Å². The average Bonchev–Trinajstić information content (AvgIpc) is 2.79. The van der Waals surface area contributed by atoms with E-state index in [9.17, 15) is 18.0 Å². The minimum Gasteiger partial charge on any atom is -0.490 e. The fourth-order valence-electron chi connectivity index (χ4n) is 2.83. The third kappa shape index (κ3) is 6.73. The second kappa shape index (κ2) is 10.9. The molecule has 0 bridgehead atoms. The van der Waals surface area contributed by atoms with Gasteiger partial charge in [-0.25, -0.2) is 5.43 Å². The molecule has 0 spiro atoms. The first kappa shape index (κ1) is 24.1. The number of hydrogen-bond acceptors (Lipinski definition) is 4. The van der Waals surface area contributed by atoms with E-state index in [1.807, 2.05) is 25.1 Å². The summed E-state index contributed by atoms with van der Waals surface area (Å²) in [5.41, 5.74) is 2.57. The predicted molar refractivity (Wildman–Crippen MR) is 120 cm³/mol. The fourth-order valence-corrected chi connectivity index (χ4v) is 3.02. The Hall–Kier alpha value is -3.52. The van der Waals surface area contributed by atoms with Crippen LogP contribution >= 0.6 is 11.6 Å². The van der Waals surface area contributed by atoms with Crippen molar-refractivity contribution in [2.75, 3.05) is 6.61 Å². The Labute approximate surface area is 193 Å². The molecule has 0 fully saturated rings. The van der Waals surface area contributed by atoms with Gasteiger partial charge in [-0.15, -0.1) is 0 Å². The maximum absolute atomic E-state index is 12.8. The molecule has 0 heterocycles. The summed E-state index contributed by atoms with van der Waals surface area (Å²) in [5, 5.41) is 4.42. The van der Waals surface area contributed by atoms with Crippen LogP contribution in [0.25, 0.3) is 0 Å². The standard InChI is InChI=1S/C24H20ClF3N2O3/c1-2-32-22-12-16(10-11-21(22)33-15-18-6-3-4-9-20(18)25)14-29-30-23(31)17-7-5-8-19(13-17)24(26,27)28/h3-14H,2,15H2,1H3,(H,30,31)/b29-14-. The molecule has 1 N–H and O–H groups in total. The van der Waals surface area contributed by atoms with E-state index in [0.717, 1.165) is 23.8 Å². The molecule has 0 saturated carbocycles. The van der Waals surface area contributed by atoms with Crippen molar-refractivity contribution in [2.45, 2.75) is 19.7 Å². The van der Waals surface area contributed by atoms with Crippen LogP contribution in [-0.2, 0) is 12.8 Å². The van der Waals surface area contributed by atoms with Crippen molar-refractivity contribution in [3.05, 3.63) is 94.0 Å². The number of nitrogens with one attached hydrogen (secondary N) is 1. The highest BCUT2D eigenvalue weighted by Crippen LogP contribution is 2.30. The number of hydrazone groups is 1. The Kier molecular flexibility index (Phi) is 7.95. The minimum atomic E-state index is -4.54. The van der Waals surface area contributed by atoms with E-state index in [1.165, 1.54) is 12.3 Å². The van der Waals surface area contributed by atoms with Gasteiger partial charge in [0, 0.05) is 16.1 Å². The van der Waals surface area contributed by atoms with E-state index in [-0.39, 0.29) is 12.2 Å². The summed E-state index contributed by atoms with van der Waals surface area (Å²) in [6, 6.07) is 16.5. The van der Waals surface area contributed by atoms with E-state index in [2.05, 4.69) is 10.5 Å². The van der Waals surface area contributed by atoms with Crippen LogP contribution in [0.1, 0.15) is 34.0 Å². The zero-order valence-electron chi connectivity index (χ0n) is 17.5. The molecule has 0 radical (unpaired) electrons. The molecule has 0 atom stereocenters. The number of carbonyl (C=O) groups is 1. The molecule has 0 saturated heterocycles. The highest BCUT2D eigenvalue weighted by atomic mass is 35.5. The topological polar surface area (TPSA) is 59.9 Å². The highest BCUT2D eigenvalue weighted by Gasteiger charge is 2.30. The smallest absolute Gasteiger partial charge is 0.416 e. The van der Waals surface area contributed by atoms with Crippen LogP contribution in [-0.4, -0.2) is 18.7 Å². The summed E-state index contributed by atoms with van der Waals surface area (Å²) in [6.07, 6.45) is -3.18. The SMILES string of the molecule is CCOc1cc(/C=N\NC(=O)c2cccc(C(F)(F)F)c2)ccc1OCc1ccccc1Cl. The predicted octanol–water partition coefficient (Wildman–Crippen LogP) is 6.10. The Morgan fingerprint density at radius 3 is 2.55 bits per heavy atom. The number of alkyl halides is 3. The van der Waals surface area contributed by atoms with Crippen LogP contribution in [0, 0.1) is 0 Å². The molecule has 172 valence electrons. The van der Waals surface area contributed by atoms with Gasteiger partial charge >= 0.3 is 6.18 Å². The Morgan fingerprint density at radius 1 is 1.03 bits per heavy atom. The van der Waals surface area contributed by atoms with Crippen LogP contribution in [0.2, 0.25) is 5.02 Å². The number of benzene rings is 3. The van der Waals surface area contributed by atoms with Gasteiger partial charge in [0.15, 0.2) is 11.5 Å². The fraction of sp³-hybridized carbons (Fsp3) is 0.167. The number of hydrogen-bond donors (Lipinski definition) is 1. The number of carbonyl (C=O) groups excluding carboxylic acids is 1. The summed E-state index contributed by atoms with van der Waals surface area (Å²) >= 11 is 6.16. The van der Waals surface area contributed by atoms with E-state index in [0.29, 0.717) is 28.7 Å². The van der Waals surface area contributed by atoms with Crippen LogP contribution in [0.15, 0.2) is 71.8 Å². The van der Waals surface area contributed by atoms with Crippen molar-refractivity contribution in [2.24, 2.45) is 5.10 Å². The molecule has 3 aromatic carbocycles. The van der Waals surface area contributed by atoms with Gasteiger partial charge in [-0.1, -0.05) is 35.9 Å². The quantitative estimate of drug-likeness (QED) is 0.315. The zero-order valence-corrected chi connectivity index (χ0v) is 18.3. The summed E-state index contributed by atoms with van der Waals surface area (Å²) in [6.45, 7) is 2.48. The molecule has 9 heteroatoms. The van der Waals surface area contributed by atoms with Crippen molar-refractivity contribution in [1.29, 1.82) is 0 Å². The lowest BCUT2D eigenvalue weighted by Crippen LogP contribution is -2.18. The third-order valence-corrected chi connectivity index (χ3v) is 4.81. The summed E-state index contributed by atoms with van der Waals surface area (Å²) < 4.78 is 49.9. The van der Waals surface area contributed by atoms with Gasteiger partial charge in [0.05, 0.1) is 18.4 Å². The lowest BCUT2D eigenvalue weighted by Gasteiger charge is -2.13. The van der Waals surface area contributed by atoms with Crippen LogP contribution in [0.3, 0.4) is 0 Å². The molecular weight excluding hydrogens is 457 g/mol. The summed E-state index contributed by atoms with van der Waals surface area (Å²) in [5.74, 6) is 0.210. The van der Waals surface area contributed by atoms with E-state index in [4.69, 9.17) is 21.1 Å². The molecule has 1 amide bonds. The van der Waals surface area contributed by atoms with Crippen molar-refractivity contribution >= 4 is 23.7 Å². The van der Waals surface area contributed by atoms with Gasteiger partial charge in [0.1, 0.15) is 6.61 Å². The number of halogens is 4. The minimum absolute atomic E-state index is 0.152. The monoisotopic (exact) mass is 476 g/mol. The maximum Gasteiger partial charge on any atom is 0.416 e. The highest BCUT2D eigenvalue weighted by molar-refractivity contribution is 6.31. The Balaban J connectivity index is 1.67. The van der Waals surface area contributed by atoms with Crippen molar-refractivity contribution < 1.29 is 27.4 Å². The van der Waals surface area contributed by atoms with E-state index in [1.54, 1.807) is 24.3 Å². The number of nitrogens with zero attached hydrogens (tertiary/aromatic N) is 1. The summed E-state index contributed by atoms with van der Waals surface area (Å²) in [4.78, 5) is 12.1. The van der Waals surface area contributed by atoms with Crippen LogP contribution in [0.5, 0.6) is 11.5 Å². The van der Waals surface area contributed by atoms with Crippen LogP contribution < -0.4 is 14.9 Å². The molecular formula is C24H20ClF3N2O3. The van der Waals surface area contributed by atoms with Gasteiger partial charge < -0.3 is 9.47 Å². The van der Waals surface area contributed by atoms with Gasteiger partial charge in [0.25, 0.3) is 5.91 Å². The second-order valence-electron chi connectivity index (χ2n) is 6.80. The Bertz CT molecular complexity index is 1150. The average molecular weight is 477 g/mol. The van der Waals surface area contributed by atoms with Crippen molar-refractivity contribution in [1.82, 2.24) is 5.43 Å². The lowest BCUT2D eigenvalue weighted by atomic mass is 10.1. The van der Waals surface area contributed by atoms with Gasteiger partial charge in [0.2, 0.25) is 0 Å². The third-order valence-electron chi connectivity index (χ3n) is 4.44. The molecule has 33 heavy (non-hydrogen) atoms. The van der Waals surface area contributed by atoms with E-state index >= 15 is 0 Å². The Morgan fingerprint density at radius 2 is 1.82 bits per heavy atom. The molecule has 5 nitrogen and oxygen atoms in total. The van der Waals surface area contributed by atoms with Crippen LogP contribution in [0.4, 0.5) is 13.2 Å². The molecule has 0 aliphatic carbocycles. The first-order chi connectivity index (χ1) is 15.8.